The van der Waals surface area contributed by atoms with Crippen LogP contribution >= 0.6 is 0 Å². The summed E-state index contributed by atoms with van der Waals surface area (Å²) in [5, 5.41) is 3.92. The lowest BCUT2D eigenvalue weighted by atomic mass is 10.2. The van der Waals surface area contributed by atoms with Gasteiger partial charge in [-0.1, -0.05) is 41.6 Å². The normalized spacial score (nSPS) is 11.2. The molecule has 1 atom stereocenters. The fourth-order valence-electron chi connectivity index (χ4n) is 2.11. The zero-order valence-electron chi connectivity index (χ0n) is 15.5. The number of rotatable bonds is 9. The Morgan fingerprint density at radius 1 is 0.852 bits per heavy atom. The number of carbonyl (C=O) groups is 2. The van der Waals surface area contributed by atoms with Gasteiger partial charge >= 0.3 is 11.9 Å². The summed E-state index contributed by atoms with van der Waals surface area (Å²) in [7, 11) is 0. The standard InChI is InChI=1S/C21H23NO5/c1-16(2)22-27-19(15-26-21(24)18-11-7-4-8-12-18)13-14-25-20(23)17-9-5-3-6-10-17/h3-12,19H,13-15H2,1-2H3/t19-/m1/s1. The van der Waals surface area contributed by atoms with Gasteiger partial charge in [-0.15, -0.1) is 0 Å². The molecule has 6 nitrogen and oxygen atoms in total. The minimum atomic E-state index is -0.517. The topological polar surface area (TPSA) is 74.2 Å². The fourth-order valence-corrected chi connectivity index (χ4v) is 2.11. The van der Waals surface area contributed by atoms with Gasteiger partial charge in [0.25, 0.3) is 0 Å². The molecule has 142 valence electrons. The van der Waals surface area contributed by atoms with Gasteiger partial charge in [-0.05, 0) is 38.1 Å². The van der Waals surface area contributed by atoms with Crippen LogP contribution in [0, 0.1) is 0 Å². The van der Waals surface area contributed by atoms with Crippen LogP contribution in [-0.4, -0.2) is 37.0 Å². The number of carbonyl (C=O) groups excluding carboxylic acids is 2. The molecule has 0 aliphatic carbocycles. The summed E-state index contributed by atoms with van der Waals surface area (Å²) >= 11 is 0. The van der Waals surface area contributed by atoms with Gasteiger partial charge in [-0.2, -0.15) is 0 Å². The average molecular weight is 369 g/mol. The molecule has 0 saturated carbocycles. The Kier molecular flexibility index (Phi) is 8.03. The lowest BCUT2D eigenvalue weighted by Crippen LogP contribution is -2.23. The molecule has 0 aliphatic heterocycles. The van der Waals surface area contributed by atoms with Crippen molar-refractivity contribution >= 4 is 17.7 Å². The predicted octanol–water partition coefficient (Wildman–Crippen LogP) is 3.87. The monoisotopic (exact) mass is 369 g/mol. The van der Waals surface area contributed by atoms with E-state index in [9.17, 15) is 9.59 Å². The number of esters is 2. The maximum absolute atomic E-state index is 12.1. The summed E-state index contributed by atoms with van der Waals surface area (Å²) in [5.41, 5.74) is 1.67. The molecule has 0 aromatic heterocycles. The molecule has 0 saturated heterocycles. The first kappa shape index (κ1) is 20.2. The van der Waals surface area contributed by atoms with Crippen LogP contribution in [0.25, 0.3) is 0 Å². The van der Waals surface area contributed by atoms with Crippen molar-refractivity contribution in [2.75, 3.05) is 13.2 Å². The molecule has 2 aromatic rings. The van der Waals surface area contributed by atoms with Gasteiger partial charge in [0.1, 0.15) is 6.61 Å². The van der Waals surface area contributed by atoms with Gasteiger partial charge in [-0.25, -0.2) is 9.59 Å². The van der Waals surface area contributed by atoms with Crippen molar-refractivity contribution in [1.29, 1.82) is 0 Å². The number of oxime groups is 1. The molecule has 0 bridgehead atoms. The Bertz CT molecular complexity index is 755. The van der Waals surface area contributed by atoms with E-state index in [4.69, 9.17) is 14.3 Å². The van der Waals surface area contributed by atoms with Gasteiger partial charge in [-0.3, -0.25) is 0 Å². The minimum absolute atomic E-state index is 0.00734. The van der Waals surface area contributed by atoms with Crippen LogP contribution in [-0.2, 0) is 14.3 Å². The second-order valence-corrected chi connectivity index (χ2v) is 6.02. The molecule has 0 N–H and O–H groups in total. The van der Waals surface area contributed by atoms with Crippen LogP contribution in [0.1, 0.15) is 41.0 Å². The van der Waals surface area contributed by atoms with Gasteiger partial charge in [0.15, 0.2) is 6.10 Å². The first-order valence-corrected chi connectivity index (χ1v) is 8.67. The minimum Gasteiger partial charge on any atom is -0.462 e. The lowest BCUT2D eigenvalue weighted by molar-refractivity contribution is -0.0194. The number of benzene rings is 2. The second-order valence-electron chi connectivity index (χ2n) is 6.02. The molecule has 2 rings (SSSR count). The van der Waals surface area contributed by atoms with Crippen LogP contribution in [0.15, 0.2) is 65.8 Å². The first-order chi connectivity index (χ1) is 13.1. The SMILES string of the molecule is CC(C)=NO[C@H](CCOC(=O)c1ccccc1)COC(=O)c1ccccc1. The molecule has 0 amide bonds. The summed E-state index contributed by atoms with van der Waals surface area (Å²) in [6.45, 7) is 3.72. The van der Waals surface area contributed by atoms with Crippen molar-refractivity contribution in [3.8, 4) is 0 Å². The molecule has 0 aliphatic rings. The molecule has 0 fully saturated rings. The molecular weight excluding hydrogens is 346 g/mol. The fraction of sp³-hybridized carbons (Fsp3) is 0.286. The Morgan fingerprint density at radius 2 is 1.37 bits per heavy atom. The Labute approximate surface area is 158 Å². The highest BCUT2D eigenvalue weighted by Crippen LogP contribution is 2.08. The highest BCUT2D eigenvalue weighted by Gasteiger charge is 2.16. The van der Waals surface area contributed by atoms with Crippen LogP contribution in [0.3, 0.4) is 0 Å². The Morgan fingerprint density at radius 3 is 1.89 bits per heavy atom. The average Bonchev–Trinajstić information content (AvgIpc) is 2.70. The van der Waals surface area contributed by atoms with E-state index in [-0.39, 0.29) is 13.2 Å². The smallest absolute Gasteiger partial charge is 0.338 e. The largest absolute Gasteiger partial charge is 0.462 e. The van der Waals surface area contributed by atoms with Gasteiger partial charge in [0.2, 0.25) is 0 Å². The van der Waals surface area contributed by atoms with E-state index in [1.54, 1.807) is 62.4 Å². The van der Waals surface area contributed by atoms with Crippen molar-refractivity contribution in [1.82, 2.24) is 0 Å². The van der Waals surface area contributed by atoms with Crippen molar-refractivity contribution in [2.24, 2.45) is 5.16 Å². The van der Waals surface area contributed by atoms with Crippen LogP contribution in [0.2, 0.25) is 0 Å². The Hall–Kier alpha value is -3.15. The molecule has 0 unspecified atom stereocenters. The van der Waals surface area contributed by atoms with E-state index in [0.29, 0.717) is 17.5 Å². The first-order valence-electron chi connectivity index (χ1n) is 8.67. The van der Waals surface area contributed by atoms with E-state index >= 15 is 0 Å². The van der Waals surface area contributed by atoms with Crippen molar-refractivity contribution < 1.29 is 23.9 Å². The highest BCUT2D eigenvalue weighted by atomic mass is 16.7. The van der Waals surface area contributed by atoms with E-state index in [0.717, 1.165) is 5.71 Å². The molecule has 0 radical (unpaired) electrons. The summed E-state index contributed by atoms with van der Waals surface area (Å²) in [4.78, 5) is 29.4. The van der Waals surface area contributed by atoms with Crippen molar-refractivity contribution in [3.05, 3.63) is 71.8 Å². The van der Waals surface area contributed by atoms with Crippen molar-refractivity contribution in [2.45, 2.75) is 26.4 Å². The maximum Gasteiger partial charge on any atom is 0.338 e. The quantitative estimate of drug-likeness (QED) is 0.381. The number of hydrogen-bond donors (Lipinski definition) is 0. The Balaban J connectivity index is 1.85. The highest BCUT2D eigenvalue weighted by molar-refractivity contribution is 5.89. The molecule has 2 aromatic carbocycles. The second kappa shape index (κ2) is 10.8. The van der Waals surface area contributed by atoms with Gasteiger partial charge in [0.05, 0.1) is 23.4 Å². The third-order valence-corrected chi connectivity index (χ3v) is 3.48. The van der Waals surface area contributed by atoms with E-state index < -0.39 is 18.0 Å². The summed E-state index contributed by atoms with van der Waals surface area (Å²) in [6.07, 6.45) is -0.173. The van der Waals surface area contributed by atoms with E-state index in [1.165, 1.54) is 0 Å². The molecule has 0 heterocycles. The lowest BCUT2D eigenvalue weighted by Gasteiger charge is -2.16. The van der Waals surface area contributed by atoms with Crippen LogP contribution in [0.5, 0.6) is 0 Å². The molecule has 27 heavy (non-hydrogen) atoms. The number of nitrogens with zero attached hydrogens (tertiary/aromatic N) is 1. The zero-order chi connectivity index (χ0) is 19.5. The molecule has 6 heteroatoms. The maximum atomic E-state index is 12.1. The van der Waals surface area contributed by atoms with Gasteiger partial charge < -0.3 is 14.3 Å². The van der Waals surface area contributed by atoms with E-state index in [1.807, 2.05) is 12.1 Å². The number of hydrogen-bond acceptors (Lipinski definition) is 6. The van der Waals surface area contributed by atoms with Crippen LogP contribution < -0.4 is 0 Å². The van der Waals surface area contributed by atoms with Gasteiger partial charge in [0, 0.05) is 6.42 Å². The predicted molar refractivity (Wildman–Crippen MR) is 102 cm³/mol. The molecule has 0 spiro atoms. The zero-order valence-corrected chi connectivity index (χ0v) is 15.5. The number of ether oxygens (including phenoxy) is 2. The third-order valence-electron chi connectivity index (χ3n) is 3.48. The summed E-state index contributed by atoms with van der Waals surface area (Å²) in [5.74, 6) is -0.853. The summed E-state index contributed by atoms with van der Waals surface area (Å²) < 4.78 is 10.5. The van der Waals surface area contributed by atoms with Crippen LogP contribution in [0.4, 0.5) is 0 Å². The van der Waals surface area contributed by atoms with E-state index in [2.05, 4.69) is 5.16 Å². The summed E-state index contributed by atoms with van der Waals surface area (Å²) in [6, 6.07) is 17.4. The third kappa shape index (κ3) is 7.32. The van der Waals surface area contributed by atoms with Crippen molar-refractivity contribution in [3.63, 3.8) is 0 Å². The molecular formula is C21H23NO5.